The van der Waals surface area contributed by atoms with Crippen molar-refractivity contribution in [2.75, 3.05) is 11.9 Å². The van der Waals surface area contributed by atoms with Crippen molar-refractivity contribution in [3.05, 3.63) is 82.8 Å². The number of hydrazine groups is 1. The SMILES string of the molecule is CC(=O)Nc1ccc(C(=O)NNC(=O)COc2ccc(-c3ccccc3)cc2Br)cc1. The highest BCUT2D eigenvalue weighted by atomic mass is 79.9. The number of amides is 3. The Bertz CT molecular complexity index is 1090. The van der Waals surface area contributed by atoms with E-state index in [4.69, 9.17) is 4.74 Å². The Morgan fingerprint density at radius 3 is 2.23 bits per heavy atom. The van der Waals surface area contributed by atoms with Gasteiger partial charge in [-0.1, -0.05) is 36.4 Å². The maximum Gasteiger partial charge on any atom is 0.276 e. The number of ether oxygens (including phenoxy) is 1. The van der Waals surface area contributed by atoms with E-state index in [0.717, 1.165) is 11.1 Å². The molecule has 31 heavy (non-hydrogen) atoms. The molecule has 0 aromatic heterocycles. The van der Waals surface area contributed by atoms with Gasteiger partial charge < -0.3 is 10.1 Å². The average Bonchev–Trinajstić information content (AvgIpc) is 2.77. The van der Waals surface area contributed by atoms with E-state index in [-0.39, 0.29) is 12.5 Å². The fraction of sp³-hybridized carbons (Fsp3) is 0.0870. The van der Waals surface area contributed by atoms with Crippen molar-refractivity contribution in [1.29, 1.82) is 0 Å². The van der Waals surface area contributed by atoms with Crippen LogP contribution in [0.15, 0.2) is 77.3 Å². The molecular weight excluding hydrogens is 462 g/mol. The Morgan fingerprint density at radius 2 is 1.58 bits per heavy atom. The van der Waals surface area contributed by atoms with Crippen LogP contribution in [0.25, 0.3) is 11.1 Å². The second-order valence-electron chi connectivity index (χ2n) is 6.56. The summed E-state index contributed by atoms with van der Waals surface area (Å²) in [4.78, 5) is 35.2. The average molecular weight is 482 g/mol. The Balaban J connectivity index is 1.49. The van der Waals surface area contributed by atoms with Crippen LogP contribution >= 0.6 is 15.9 Å². The second-order valence-corrected chi connectivity index (χ2v) is 7.42. The zero-order valence-corrected chi connectivity index (χ0v) is 18.2. The highest BCUT2D eigenvalue weighted by molar-refractivity contribution is 9.10. The molecule has 0 bridgehead atoms. The van der Waals surface area contributed by atoms with Crippen LogP contribution in [0.3, 0.4) is 0 Å². The van der Waals surface area contributed by atoms with E-state index in [1.165, 1.54) is 19.1 Å². The Morgan fingerprint density at radius 1 is 0.871 bits per heavy atom. The van der Waals surface area contributed by atoms with Crippen molar-refractivity contribution < 1.29 is 19.1 Å². The van der Waals surface area contributed by atoms with Gasteiger partial charge >= 0.3 is 0 Å². The maximum atomic E-state index is 12.1. The molecule has 3 aromatic rings. The zero-order valence-electron chi connectivity index (χ0n) is 16.6. The number of hydrogen-bond acceptors (Lipinski definition) is 4. The second kappa shape index (κ2) is 10.4. The molecule has 0 spiro atoms. The first-order valence-corrected chi connectivity index (χ1v) is 10.2. The molecule has 0 radical (unpaired) electrons. The summed E-state index contributed by atoms with van der Waals surface area (Å²) in [7, 11) is 0. The summed E-state index contributed by atoms with van der Waals surface area (Å²) in [6.45, 7) is 1.12. The molecule has 0 aliphatic carbocycles. The summed E-state index contributed by atoms with van der Waals surface area (Å²) in [6, 6.07) is 21.7. The standard InChI is InChI=1S/C23H20BrN3O4/c1-15(28)25-19-10-7-17(8-11-19)23(30)27-26-22(29)14-31-21-12-9-18(13-20(21)24)16-5-3-2-4-6-16/h2-13H,14H2,1H3,(H,25,28)(H,26,29)(H,27,30). The number of rotatable bonds is 6. The van der Waals surface area contributed by atoms with Crippen molar-refractivity contribution in [3.63, 3.8) is 0 Å². The quantitative estimate of drug-likeness (QED) is 0.465. The zero-order chi connectivity index (χ0) is 22.2. The van der Waals surface area contributed by atoms with E-state index in [1.807, 2.05) is 42.5 Å². The predicted molar refractivity (Wildman–Crippen MR) is 121 cm³/mol. The summed E-state index contributed by atoms with van der Waals surface area (Å²) in [6.07, 6.45) is 0. The van der Waals surface area contributed by atoms with Crippen molar-refractivity contribution >= 4 is 39.3 Å². The molecule has 0 saturated heterocycles. The van der Waals surface area contributed by atoms with Crippen LogP contribution < -0.4 is 20.9 Å². The lowest BCUT2D eigenvalue weighted by molar-refractivity contribution is -0.123. The van der Waals surface area contributed by atoms with E-state index < -0.39 is 11.8 Å². The van der Waals surface area contributed by atoms with Crippen molar-refractivity contribution in [2.24, 2.45) is 0 Å². The molecule has 0 aliphatic rings. The molecule has 8 heteroatoms. The van der Waals surface area contributed by atoms with E-state index in [2.05, 4.69) is 32.1 Å². The van der Waals surface area contributed by atoms with Crippen LogP contribution in [0.5, 0.6) is 5.75 Å². The monoisotopic (exact) mass is 481 g/mol. The van der Waals surface area contributed by atoms with Gasteiger partial charge in [0.15, 0.2) is 6.61 Å². The van der Waals surface area contributed by atoms with Crippen LogP contribution in [0.2, 0.25) is 0 Å². The molecule has 158 valence electrons. The van der Waals surface area contributed by atoms with Gasteiger partial charge in [-0.2, -0.15) is 0 Å². The van der Waals surface area contributed by atoms with Crippen molar-refractivity contribution in [2.45, 2.75) is 6.92 Å². The van der Waals surface area contributed by atoms with Gasteiger partial charge in [-0.25, -0.2) is 0 Å². The largest absolute Gasteiger partial charge is 0.483 e. The normalized spacial score (nSPS) is 10.1. The third-order valence-corrected chi connectivity index (χ3v) is 4.80. The highest BCUT2D eigenvalue weighted by Crippen LogP contribution is 2.30. The lowest BCUT2D eigenvalue weighted by Gasteiger charge is -2.11. The molecule has 7 nitrogen and oxygen atoms in total. The molecule has 0 heterocycles. The van der Waals surface area contributed by atoms with Gasteiger partial charge in [0.2, 0.25) is 5.91 Å². The van der Waals surface area contributed by atoms with Gasteiger partial charge in [-0.05, 0) is 63.5 Å². The molecule has 0 aliphatic heterocycles. The summed E-state index contributed by atoms with van der Waals surface area (Å²) >= 11 is 3.46. The Kier molecular flexibility index (Phi) is 7.40. The molecular formula is C23H20BrN3O4. The minimum atomic E-state index is -0.512. The van der Waals surface area contributed by atoms with Crippen LogP contribution in [0.1, 0.15) is 17.3 Å². The summed E-state index contributed by atoms with van der Waals surface area (Å²) in [5.74, 6) is -0.695. The highest BCUT2D eigenvalue weighted by Gasteiger charge is 2.10. The minimum Gasteiger partial charge on any atom is -0.483 e. The van der Waals surface area contributed by atoms with Gasteiger partial charge in [0.25, 0.3) is 11.8 Å². The minimum absolute atomic E-state index is 0.203. The van der Waals surface area contributed by atoms with Crippen LogP contribution in [-0.4, -0.2) is 24.3 Å². The first-order chi connectivity index (χ1) is 14.9. The van der Waals surface area contributed by atoms with E-state index in [9.17, 15) is 14.4 Å². The number of carbonyl (C=O) groups is 3. The maximum absolute atomic E-state index is 12.1. The molecule has 0 saturated carbocycles. The summed E-state index contributed by atoms with van der Waals surface area (Å²) in [5.41, 5.74) is 7.62. The first-order valence-electron chi connectivity index (χ1n) is 9.37. The summed E-state index contributed by atoms with van der Waals surface area (Å²) < 4.78 is 6.24. The van der Waals surface area contributed by atoms with E-state index >= 15 is 0 Å². The Labute approximate surface area is 187 Å². The van der Waals surface area contributed by atoms with Crippen molar-refractivity contribution in [3.8, 4) is 16.9 Å². The third kappa shape index (κ3) is 6.42. The molecule has 3 aromatic carbocycles. The molecule has 0 atom stereocenters. The number of hydrogen-bond donors (Lipinski definition) is 3. The Hall–Kier alpha value is -3.65. The van der Waals surface area contributed by atoms with Gasteiger partial charge in [0.1, 0.15) is 5.75 Å². The third-order valence-electron chi connectivity index (χ3n) is 4.18. The van der Waals surface area contributed by atoms with Gasteiger partial charge in [0.05, 0.1) is 4.47 Å². The van der Waals surface area contributed by atoms with Crippen LogP contribution in [-0.2, 0) is 9.59 Å². The number of halogens is 1. The van der Waals surface area contributed by atoms with E-state index in [0.29, 0.717) is 21.5 Å². The smallest absolute Gasteiger partial charge is 0.276 e. The molecule has 3 rings (SSSR count). The molecule has 0 fully saturated rings. The lowest BCUT2D eigenvalue weighted by Crippen LogP contribution is -2.43. The predicted octanol–water partition coefficient (Wildman–Crippen LogP) is 3.91. The molecule has 0 unspecified atom stereocenters. The summed E-state index contributed by atoms with van der Waals surface area (Å²) in [5, 5.41) is 2.61. The lowest BCUT2D eigenvalue weighted by atomic mass is 10.1. The number of benzene rings is 3. The molecule has 3 N–H and O–H groups in total. The number of nitrogens with one attached hydrogen (secondary N) is 3. The van der Waals surface area contributed by atoms with Gasteiger partial charge in [-0.15, -0.1) is 0 Å². The van der Waals surface area contributed by atoms with Crippen molar-refractivity contribution in [1.82, 2.24) is 10.9 Å². The van der Waals surface area contributed by atoms with Crippen LogP contribution in [0, 0.1) is 0 Å². The fourth-order valence-corrected chi connectivity index (χ4v) is 3.21. The van der Waals surface area contributed by atoms with Crippen LogP contribution in [0.4, 0.5) is 5.69 Å². The molecule has 3 amide bonds. The number of anilines is 1. The topological polar surface area (TPSA) is 96.5 Å². The fourth-order valence-electron chi connectivity index (χ4n) is 2.71. The van der Waals surface area contributed by atoms with Gasteiger partial charge in [0, 0.05) is 18.2 Å². The van der Waals surface area contributed by atoms with Gasteiger partial charge in [-0.3, -0.25) is 25.2 Å². The number of carbonyl (C=O) groups excluding carboxylic acids is 3. The van der Waals surface area contributed by atoms with E-state index in [1.54, 1.807) is 18.2 Å². The first kappa shape index (κ1) is 22.0.